The van der Waals surface area contributed by atoms with Gasteiger partial charge in [-0.05, 0) is 34.9 Å². The third kappa shape index (κ3) is 3.62. The lowest BCUT2D eigenvalue weighted by atomic mass is 9.95. The van der Waals surface area contributed by atoms with Gasteiger partial charge in [-0.25, -0.2) is 4.98 Å². The highest BCUT2D eigenvalue weighted by Crippen LogP contribution is 2.33. The fraction of sp³-hybridized carbons (Fsp3) is 0. The molecule has 0 fully saturated rings. The Kier molecular flexibility index (Phi) is 4.88. The first-order chi connectivity index (χ1) is 14.2. The highest BCUT2D eigenvalue weighted by Gasteiger charge is 2.14. The van der Waals surface area contributed by atoms with E-state index in [1.165, 1.54) is 0 Å². The maximum absolute atomic E-state index is 11.1. The minimum atomic E-state index is 0.206. The van der Waals surface area contributed by atoms with E-state index in [4.69, 9.17) is 5.73 Å². The highest BCUT2D eigenvalue weighted by molar-refractivity contribution is 5.84. The van der Waals surface area contributed by atoms with Crippen LogP contribution < -0.4 is 5.73 Å². The first-order valence-corrected chi connectivity index (χ1v) is 9.11. The zero-order valence-electron chi connectivity index (χ0n) is 15.5. The van der Waals surface area contributed by atoms with Gasteiger partial charge in [-0.1, -0.05) is 66.7 Å². The number of pyridine rings is 1. The van der Waals surface area contributed by atoms with Crippen molar-refractivity contribution < 1.29 is 4.79 Å². The molecule has 138 valence electrons. The third-order valence-electron chi connectivity index (χ3n) is 4.76. The first kappa shape index (κ1) is 18.1. The van der Waals surface area contributed by atoms with Crippen LogP contribution in [0, 0.1) is 11.3 Å². The van der Waals surface area contributed by atoms with Crippen molar-refractivity contribution in [1.82, 2.24) is 4.98 Å². The minimum Gasteiger partial charge on any atom is -0.383 e. The minimum absolute atomic E-state index is 0.206. The third-order valence-corrected chi connectivity index (χ3v) is 4.76. The van der Waals surface area contributed by atoms with Crippen LogP contribution in [-0.4, -0.2) is 11.3 Å². The summed E-state index contributed by atoms with van der Waals surface area (Å²) in [4.78, 5) is 15.5. The van der Waals surface area contributed by atoms with Crippen LogP contribution in [0.4, 0.5) is 5.82 Å². The quantitative estimate of drug-likeness (QED) is 0.488. The molecule has 0 saturated carbocycles. The smallest absolute Gasteiger partial charge is 0.150 e. The van der Waals surface area contributed by atoms with Gasteiger partial charge >= 0.3 is 0 Å². The van der Waals surface area contributed by atoms with Crippen molar-refractivity contribution in [2.45, 2.75) is 0 Å². The molecule has 1 heterocycles. The molecule has 4 nitrogen and oxygen atoms in total. The Morgan fingerprint density at radius 2 is 1.45 bits per heavy atom. The van der Waals surface area contributed by atoms with Crippen LogP contribution in [0.3, 0.4) is 0 Å². The molecule has 4 aromatic rings. The number of aldehydes is 1. The fourth-order valence-electron chi connectivity index (χ4n) is 3.32. The number of aromatic nitrogens is 1. The molecule has 4 rings (SSSR count). The number of nitrogens with two attached hydrogens (primary N) is 1. The molecular weight excluding hydrogens is 358 g/mol. The SMILES string of the molecule is N#Cc1c(-c2cccc(-c3cccc(C=O)c3)c2)cc(-c2ccccc2)nc1N. The Bertz CT molecular complexity index is 1240. The topological polar surface area (TPSA) is 79.8 Å². The molecule has 29 heavy (non-hydrogen) atoms. The van der Waals surface area contributed by atoms with Crippen molar-refractivity contribution in [3.05, 3.63) is 96.1 Å². The van der Waals surface area contributed by atoms with Gasteiger partial charge in [-0.15, -0.1) is 0 Å². The molecule has 0 aliphatic heterocycles. The van der Waals surface area contributed by atoms with Gasteiger partial charge in [0.05, 0.1) is 5.69 Å². The van der Waals surface area contributed by atoms with Crippen molar-refractivity contribution in [1.29, 1.82) is 5.26 Å². The number of nitriles is 1. The van der Waals surface area contributed by atoms with E-state index in [-0.39, 0.29) is 5.82 Å². The zero-order valence-corrected chi connectivity index (χ0v) is 15.5. The Balaban J connectivity index is 1.87. The molecule has 2 N–H and O–H groups in total. The second-order valence-corrected chi connectivity index (χ2v) is 6.62. The van der Waals surface area contributed by atoms with Crippen molar-refractivity contribution in [2.24, 2.45) is 0 Å². The Hall–Kier alpha value is -4.23. The standard InChI is InChI=1S/C25H17N3O/c26-15-23-22(14-24(28-25(23)27)18-7-2-1-3-8-18)21-11-5-10-20(13-21)19-9-4-6-17(12-19)16-29/h1-14,16H,(H2,27,28). The summed E-state index contributed by atoms with van der Waals surface area (Å²) in [6, 6.07) is 29.1. The van der Waals surface area contributed by atoms with Gasteiger partial charge in [0.2, 0.25) is 0 Å². The van der Waals surface area contributed by atoms with E-state index in [1.807, 2.05) is 78.9 Å². The summed E-state index contributed by atoms with van der Waals surface area (Å²) in [5, 5.41) is 9.67. The lowest BCUT2D eigenvalue weighted by Crippen LogP contribution is -1.99. The molecule has 0 spiro atoms. The number of nitrogens with zero attached hydrogens (tertiary/aromatic N) is 2. The van der Waals surface area contributed by atoms with Crippen LogP contribution in [0.15, 0.2) is 84.9 Å². The molecule has 0 saturated heterocycles. The molecule has 0 bridgehead atoms. The fourth-order valence-corrected chi connectivity index (χ4v) is 3.32. The van der Waals surface area contributed by atoms with Gasteiger partial charge in [0, 0.05) is 16.7 Å². The first-order valence-electron chi connectivity index (χ1n) is 9.11. The molecule has 0 atom stereocenters. The van der Waals surface area contributed by atoms with Gasteiger partial charge < -0.3 is 5.73 Å². The second-order valence-electron chi connectivity index (χ2n) is 6.62. The van der Waals surface area contributed by atoms with Gasteiger partial charge in [0.1, 0.15) is 23.7 Å². The number of carbonyl (C=O) groups excluding carboxylic acids is 1. The van der Waals surface area contributed by atoms with E-state index >= 15 is 0 Å². The molecule has 1 aromatic heterocycles. The van der Waals surface area contributed by atoms with Gasteiger partial charge in [0.25, 0.3) is 0 Å². The molecule has 0 aliphatic carbocycles. The van der Waals surface area contributed by atoms with Crippen LogP contribution in [0.25, 0.3) is 33.5 Å². The van der Waals surface area contributed by atoms with Crippen LogP contribution in [-0.2, 0) is 0 Å². The lowest BCUT2D eigenvalue weighted by molar-refractivity contribution is 0.112. The highest BCUT2D eigenvalue weighted by atomic mass is 16.1. The number of nitrogen functional groups attached to an aromatic ring is 1. The van der Waals surface area contributed by atoms with Gasteiger partial charge in [-0.3, -0.25) is 4.79 Å². The molecule has 0 amide bonds. The van der Waals surface area contributed by atoms with E-state index in [0.717, 1.165) is 34.1 Å². The zero-order chi connectivity index (χ0) is 20.2. The predicted molar refractivity (Wildman–Crippen MR) is 115 cm³/mol. The summed E-state index contributed by atoms with van der Waals surface area (Å²) in [7, 11) is 0. The van der Waals surface area contributed by atoms with Gasteiger partial charge in [-0.2, -0.15) is 5.26 Å². The molecule has 4 heteroatoms. The van der Waals surface area contributed by atoms with Crippen LogP contribution in [0.5, 0.6) is 0 Å². The van der Waals surface area contributed by atoms with E-state index in [2.05, 4.69) is 11.1 Å². The number of rotatable bonds is 4. The van der Waals surface area contributed by atoms with Crippen molar-refractivity contribution in [2.75, 3.05) is 5.73 Å². The largest absolute Gasteiger partial charge is 0.383 e. The summed E-state index contributed by atoms with van der Waals surface area (Å²) in [6.07, 6.45) is 0.830. The van der Waals surface area contributed by atoms with Crippen molar-refractivity contribution >= 4 is 12.1 Å². The summed E-state index contributed by atoms with van der Waals surface area (Å²) < 4.78 is 0. The van der Waals surface area contributed by atoms with Crippen molar-refractivity contribution in [3.8, 4) is 39.6 Å². The maximum Gasteiger partial charge on any atom is 0.150 e. The van der Waals surface area contributed by atoms with Crippen LogP contribution in [0.1, 0.15) is 15.9 Å². The molecular formula is C25H17N3O. The average molecular weight is 375 g/mol. The Morgan fingerprint density at radius 1 is 0.793 bits per heavy atom. The summed E-state index contributed by atoms with van der Waals surface area (Å²) in [6.45, 7) is 0. The molecule has 0 aliphatic rings. The number of hydrogen-bond donors (Lipinski definition) is 1. The number of hydrogen-bond acceptors (Lipinski definition) is 4. The van der Waals surface area contributed by atoms with E-state index in [9.17, 15) is 10.1 Å². The average Bonchev–Trinajstić information content (AvgIpc) is 2.79. The molecule has 0 unspecified atom stereocenters. The normalized spacial score (nSPS) is 10.3. The number of benzene rings is 3. The van der Waals surface area contributed by atoms with E-state index in [0.29, 0.717) is 16.8 Å². The predicted octanol–water partition coefficient (Wildman–Crippen LogP) is 5.35. The summed E-state index contributed by atoms with van der Waals surface area (Å²) >= 11 is 0. The summed E-state index contributed by atoms with van der Waals surface area (Å²) in [5.74, 6) is 0.206. The van der Waals surface area contributed by atoms with Gasteiger partial charge in [0.15, 0.2) is 0 Å². The van der Waals surface area contributed by atoms with E-state index in [1.54, 1.807) is 6.07 Å². The summed E-state index contributed by atoms with van der Waals surface area (Å²) in [5.41, 5.74) is 12.2. The lowest BCUT2D eigenvalue weighted by Gasteiger charge is -2.12. The monoisotopic (exact) mass is 375 g/mol. The van der Waals surface area contributed by atoms with Crippen LogP contribution >= 0.6 is 0 Å². The van der Waals surface area contributed by atoms with E-state index < -0.39 is 0 Å². The van der Waals surface area contributed by atoms with Crippen molar-refractivity contribution in [3.63, 3.8) is 0 Å². The van der Waals surface area contributed by atoms with Crippen LogP contribution in [0.2, 0.25) is 0 Å². The number of anilines is 1. The molecule has 3 aromatic carbocycles. The maximum atomic E-state index is 11.1. The Labute approximate surface area is 168 Å². The molecule has 0 radical (unpaired) electrons. The number of carbonyl (C=O) groups is 1. The second kappa shape index (κ2) is 7.79. The Morgan fingerprint density at radius 3 is 2.17 bits per heavy atom.